The van der Waals surface area contributed by atoms with Crippen LogP contribution in [0.25, 0.3) is 0 Å². The molecule has 16 heavy (non-hydrogen) atoms. The van der Waals surface area contributed by atoms with E-state index in [1.165, 1.54) is 6.42 Å². The second-order valence-electron chi connectivity index (χ2n) is 5.91. The maximum absolute atomic E-state index is 11.6. The number of nitrogens with one attached hydrogen (secondary N) is 2. The number of fused-ring (bicyclic) bond motifs is 1. The van der Waals surface area contributed by atoms with Crippen LogP contribution in [0.15, 0.2) is 0 Å². The predicted octanol–water partition coefficient (Wildman–Crippen LogP) is 1.51. The minimum absolute atomic E-state index is 0.276. The van der Waals surface area contributed by atoms with E-state index in [2.05, 4.69) is 10.6 Å². The quantitative estimate of drug-likeness (QED) is 0.712. The van der Waals surface area contributed by atoms with E-state index in [1.54, 1.807) is 0 Å². The molecule has 2 N–H and O–H groups in total. The molecule has 1 saturated heterocycles. The third-order valence-electron chi connectivity index (χ3n) is 3.45. The van der Waals surface area contributed by atoms with Gasteiger partial charge in [-0.1, -0.05) is 0 Å². The van der Waals surface area contributed by atoms with Crippen LogP contribution in [0.4, 0.5) is 4.79 Å². The zero-order valence-corrected chi connectivity index (χ0v) is 10.4. The molecule has 4 nitrogen and oxygen atoms in total. The van der Waals surface area contributed by atoms with Crippen molar-refractivity contribution < 1.29 is 9.53 Å². The van der Waals surface area contributed by atoms with Crippen molar-refractivity contribution in [3.8, 4) is 0 Å². The summed E-state index contributed by atoms with van der Waals surface area (Å²) < 4.78 is 5.25. The Bertz CT molecular complexity index is 273. The summed E-state index contributed by atoms with van der Waals surface area (Å²) in [5, 5.41) is 6.35. The molecule has 0 aromatic carbocycles. The fraction of sp³-hybridized carbons (Fsp3) is 0.917. The second kappa shape index (κ2) is 4.24. The van der Waals surface area contributed by atoms with Crippen LogP contribution < -0.4 is 10.6 Å². The van der Waals surface area contributed by atoms with Crippen molar-refractivity contribution in [2.45, 2.75) is 45.3 Å². The van der Waals surface area contributed by atoms with Gasteiger partial charge in [0.2, 0.25) is 0 Å². The molecule has 0 unspecified atom stereocenters. The van der Waals surface area contributed by atoms with Gasteiger partial charge in [-0.25, -0.2) is 4.79 Å². The zero-order valence-electron chi connectivity index (χ0n) is 10.4. The molecular weight excluding hydrogens is 204 g/mol. The van der Waals surface area contributed by atoms with Crippen LogP contribution in [-0.4, -0.2) is 30.8 Å². The summed E-state index contributed by atoms with van der Waals surface area (Å²) in [7, 11) is 0. The number of amides is 1. The summed E-state index contributed by atoms with van der Waals surface area (Å²) in [6.45, 7) is 7.82. The summed E-state index contributed by atoms with van der Waals surface area (Å²) >= 11 is 0. The molecule has 2 rings (SSSR count). The molecule has 2 fully saturated rings. The first-order chi connectivity index (χ1) is 7.46. The maximum Gasteiger partial charge on any atom is 0.407 e. The van der Waals surface area contributed by atoms with Crippen molar-refractivity contribution in [3.05, 3.63) is 0 Å². The van der Waals surface area contributed by atoms with E-state index in [-0.39, 0.29) is 6.09 Å². The molecule has 1 aliphatic heterocycles. The predicted molar refractivity (Wildman–Crippen MR) is 62.2 cm³/mol. The highest BCUT2D eigenvalue weighted by atomic mass is 16.6. The molecular formula is C12H22N2O2. The first-order valence-corrected chi connectivity index (χ1v) is 6.16. The minimum atomic E-state index is -0.405. The van der Waals surface area contributed by atoms with E-state index < -0.39 is 5.60 Å². The highest BCUT2D eigenvalue weighted by molar-refractivity contribution is 5.68. The SMILES string of the molecule is CC(C)(C)OC(=O)N[C@@H]1C[C@@H]2CCNC[C@@H]21. The standard InChI is InChI=1S/C12H22N2O2/c1-12(2,3)16-11(15)14-10-6-8-4-5-13-7-9(8)10/h8-10,13H,4-7H2,1-3H3,(H,14,15)/t8-,9-,10+/m0/s1. The maximum atomic E-state index is 11.6. The van der Waals surface area contributed by atoms with Crippen molar-refractivity contribution >= 4 is 6.09 Å². The Kier molecular flexibility index (Phi) is 3.10. The van der Waals surface area contributed by atoms with E-state index in [0.717, 1.165) is 25.4 Å². The van der Waals surface area contributed by atoms with E-state index in [1.807, 2.05) is 20.8 Å². The molecule has 1 heterocycles. The molecule has 4 heteroatoms. The van der Waals surface area contributed by atoms with Crippen molar-refractivity contribution in [2.24, 2.45) is 11.8 Å². The molecule has 0 aromatic heterocycles. The number of rotatable bonds is 1. The molecule has 92 valence electrons. The Labute approximate surface area is 97.1 Å². The third kappa shape index (κ3) is 2.67. The van der Waals surface area contributed by atoms with Gasteiger partial charge in [-0.3, -0.25) is 0 Å². The van der Waals surface area contributed by atoms with Crippen molar-refractivity contribution in [1.29, 1.82) is 0 Å². The lowest BCUT2D eigenvalue weighted by molar-refractivity contribution is 0.0276. The summed E-state index contributed by atoms with van der Waals surface area (Å²) in [5.74, 6) is 1.42. The molecule has 0 bridgehead atoms. The molecule has 0 aromatic rings. The van der Waals surface area contributed by atoms with Crippen molar-refractivity contribution in [3.63, 3.8) is 0 Å². The van der Waals surface area contributed by atoms with Gasteiger partial charge >= 0.3 is 6.09 Å². The fourth-order valence-corrected chi connectivity index (χ4v) is 2.63. The molecule has 1 amide bonds. The number of alkyl carbamates (subject to hydrolysis) is 1. The first kappa shape index (κ1) is 11.7. The largest absolute Gasteiger partial charge is 0.444 e. The third-order valence-corrected chi connectivity index (χ3v) is 3.45. The molecule has 1 aliphatic carbocycles. The molecule has 3 atom stereocenters. The number of carbonyl (C=O) groups excluding carboxylic acids is 1. The monoisotopic (exact) mass is 226 g/mol. The van der Waals surface area contributed by atoms with Gasteiger partial charge in [0, 0.05) is 12.6 Å². The topological polar surface area (TPSA) is 50.4 Å². The summed E-state index contributed by atoms with van der Waals surface area (Å²) in [6.07, 6.45) is 2.09. The van der Waals surface area contributed by atoms with E-state index >= 15 is 0 Å². The highest BCUT2D eigenvalue weighted by Crippen LogP contribution is 2.38. The molecule has 0 spiro atoms. The van der Waals surface area contributed by atoms with Crippen LogP contribution in [-0.2, 0) is 4.74 Å². The van der Waals surface area contributed by atoms with E-state index in [4.69, 9.17) is 4.74 Å². The Morgan fingerprint density at radius 2 is 2.19 bits per heavy atom. The summed E-state index contributed by atoms with van der Waals surface area (Å²) in [6, 6.07) is 0.313. The zero-order chi connectivity index (χ0) is 11.8. The number of hydrogen-bond acceptors (Lipinski definition) is 3. The lowest BCUT2D eigenvalue weighted by Gasteiger charge is -2.48. The van der Waals surface area contributed by atoms with Gasteiger partial charge in [-0.2, -0.15) is 0 Å². The van der Waals surface area contributed by atoms with Gasteiger partial charge in [0.05, 0.1) is 0 Å². The minimum Gasteiger partial charge on any atom is -0.444 e. The van der Waals surface area contributed by atoms with E-state index in [9.17, 15) is 4.79 Å². The van der Waals surface area contributed by atoms with Crippen LogP contribution >= 0.6 is 0 Å². The van der Waals surface area contributed by atoms with Crippen LogP contribution in [0, 0.1) is 11.8 Å². The number of ether oxygens (including phenoxy) is 1. The second-order valence-corrected chi connectivity index (χ2v) is 5.91. The van der Waals surface area contributed by atoms with Gasteiger partial charge in [-0.15, -0.1) is 0 Å². The van der Waals surface area contributed by atoms with Crippen LogP contribution in [0.2, 0.25) is 0 Å². The summed E-state index contributed by atoms with van der Waals surface area (Å²) in [5.41, 5.74) is -0.405. The van der Waals surface area contributed by atoms with Gasteiger partial charge in [0.1, 0.15) is 5.60 Å². The lowest BCUT2D eigenvalue weighted by Crippen LogP contribution is -2.59. The molecule has 2 aliphatic rings. The van der Waals surface area contributed by atoms with Gasteiger partial charge in [-0.05, 0) is 52.0 Å². The summed E-state index contributed by atoms with van der Waals surface area (Å²) in [4.78, 5) is 11.6. The average molecular weight is 226 g/mol. The lowest BCUT2D eigenvalue weighted by atomic mass is 9.66. The first-order valence-electron chi connectivity index (χ1n) is 6.16. The number of carbonyl (C=O) groups is 1. The normalized spacial score (nSPS) is 33.6. The van der Waals surface area contributed by atoms with Crippen LogP contribution in [0.3, 0.4) is 0 Å². The molecule has 0 radical (unpaired) electrons. The fourth-order valence-electron chi connectivity index (χ4n) is 2.63. The Hall–Kier alpha value is -0.770. The number of piperidine rings is 1. The van der Waals surface area contributed by atoms with Crippen molar-refractivity contribution in [1.82, 2.24) is 10.6 Å². The average Bonchev–Trinajstić information content (AvgIpc) is 2.11. The Morgan fingerprint density at radius 3 is 2.81 bits per heavy atom. The number of hydrogen-bond donors (Lipinski definition) is 2. The van der Waals surface area contributed by atoms with Gasteiger partial charge in [0.25, 0.3) is 0 Å². The van der Waals surface area contributed by atoms with Crippen LogP contribution in [0.5, 0.6) is 0 Å². The highest BCUT2D eigenvalue weighted by Gasteiger charge is 2.43. The van der Waals surface area contributed by atoms with Gasteiger partial charge < -0.3 is 15.4 Å². The smallest absolute Gasteiger partial charge is 0.407 e. The van der Waals surface area contributed by atoms with Crippen LogP contribution in [0.1, 0.15) is 33.6 Å². The van der Waals surface area contributed by atoms with Crippen molar-refractivity contribution in [2.75, 3.05) is 13.1 Å². The van der Waals surface area contributed by atoms with E-state index in [0.29, 0.717) is 12.0 Å². The Morgan fingerprint density at radius 1 is 1.44 bits per heavy atom. The molecule has 1 saturated carbocycles. The van der Waals surface area contributed by atoms with Gasteiger partial charge in [0.15, 0.2) is 0 Å². The Balaban J connectivity index is 1.76.